The van der Waals surface area contributed by atoms with E-state index < -0.39 is 18.1 Å². The van der Waals surface area contributed by atoms with Gasteiger partial charge in [0, 0.05) is 6.61 Å². The Morgan fingerprint density at radius 1 is 1.33 bits per heavy atom. The van der Waals surface area contributed by atoms with Crippen LogP contribution in [-0.4, -0.2) is 23.7 Å². The molecule has 100 valence electrons. The van der Waals surface area contributed by atoms with Crippen molar-refractivity contribution in [3.05, 3.63) is 35.9 Å². The van der Waals surface area contributed by atoms with E-state index in [2.05, 4.69) is 6.92 Å². The van der Waals surface area contributed by atoms with Crippen molar-refractivity contribution in [3.8, 4) is 0 Å². The highest BCUT2D eigenvalue weighted by atomic mass is 16.5. The highest BCUT2D eigenvalue weighted by Gasteiger charge is 2.26. The first-order valence-corrected chi connectivity index (χ1v) is 6.30. The number of nitrogens with two attached hydrogens (primary N) is 1. The Labute approximate surface area is 108 Å². The molecule has 0 heterocycles. The predicted molar refractivity (Wildman–Crippen MR) is 69.9 cm³/mol. The molecule has 0 aromatic heterocycles. The smallest absolute Gasteiger partial charge is 0.249 e. The normalized spacial score (nSPS) is 14.1. The quantitative estimate of drug-likeness (QED) is 0.692. The maximum absolute atomic E-state index is 11.1. The van der Waals surface area contributed by atoms with E-state index in [4.69, 9.17) is 10.5 Å². The fraction of sp³-hybridized carbons (Fsp3) is 0.500. The Hall–Kier alpha value is -1.39. The molecular weight excluding hydrogens is 230 g/mol. The van der Waals surface area contributed by atoms with E-state index in [1.807, 2.05) is 30.3 Å². The van der Waals surface area contributed by atoms with Crippen LogP contribution >= 0.6 is 0 Å². The predicted octanol–water partition coefficient (Wildman–Crippen LogP) is 1.78. The summed E-state index contributed by atoms with van der Waals surface area (Å²) in [7, 11) is 0. The van der Waals surface area contributed by atoms with Crippen LogP contribution in [-0.2, 0) is 9.53 Å². The Bertz CT molecular complexity index is 353. The van der Waals surface area contributed by atoms with Crippen molar-refractivity contribution in [1.82, 2.24) is 0 Å². The highest BCUT2D eigenvalue weighted by molar-refractivity contribution is 5.79. The van der Waals surface area contributed by atoms with Gasteiger partial charge in [-0.1, -0.05) is 50.1 Å². The summed E-state index contributed by atoms with van der Waals surface area (Å²) in [4.78, 5) is 11.1. The highest BCUT2D eigenvalue weighted by Crippen LogP contribution is 2.21. The van der Waals surface area contributed by atoms with Gasteiger partial charge in [0.05, 0.1) is 0 Å². The van der Waals surface area contributed by atoms with Crippen LogP contribution in [0.15, 0.2) is 30.3 Å². The minimum Gasteiger partial charge on any atom is -0.380 e. The lowest BCUT2D eigenvalue weighted by atomic mass is 10.0. The van der Waals surface area contributed by atoms with Gasteiger partial charge >= 0.3 is 0 Å². The number of aliphatic hydroxyl groups excluding tert-OH is 1. The number of benzene rings is 1. The van der Waals surface area contributed by atoms with Gasteiger partial charge in [0.1, 0.15) is 6.10 Å². The van der Waals surface area contributed by atoms with E-state index in [1.54, 1.807) is 0 Å². The number of primary amides is 1. The van der Waals surface area contributed by atoms with Gasteiger partial charge in [0.2, 0.25) is 5.91 Å². The number of hydrogen-bond acceptors (Lipinski definition) is 3. The van der Waals surface area contributed by atoms with Crippen molar-refractivity contribution in [2.75, 3.05) is 6.61 Å². The minimum absolute atomic E-state index is 0.512. The molecule has 0 aliphatic rings. The Balaban J connectivity index is 2.67. The van der Waals surface area contributed by atoms with Gasteiger partial charge in [-0.3, -0.25) is 4.79 Å². The third-order valence-electron chi connectivity index (χ3n) is 2.75. The summed E-state index contributed by atoms with van der Waals surface area (Å²) in [6, 6.07) is 9.18. The molecule has 0 fully saturated rings. The molecule has 1 aromatic rings. The second-order valence-corrected chi connectivity index (χ2v) is 4.26. The SMILES string of the molecule is CCCCCOC(c1ccccc1)C(O)C(N)=O. The largest absolute Gasteiger partial charge is 0.380 e. The first-order valence-electron chi connectivity index (χ1n) is 6.30. The molecular formula is C14H21NO3. The van der Waals surface area contributed by atoms with Gasteiger partial charge in [-0.05, 0) is 12.0 Å². The fourth-order valence-electron chi connectivity index (χ4n) is 1.72. The molecule has 0 saturated carbocycles. The van der Waals surface area contributed by atoms with Crippen LogP contribution < -0.4 is 5.73 Å². The van der Waals surface area contributed by atoms with Crippen LogP contribution in [0.5, 0.6) is 0 Å². The fourth-order valence-corrected chi connectivity index (χ4v) is 1.72. The third-order valence-corrected chi connectivity index (χ3v) is 2.75. The van der Waals surface area contributed by atoms with Gasteiger partial charge in [-0.25, -0.2) is 0 Å². The van der Waals surface area contributed by atoms with Gasteiger partial charge in [-0.15, -0.1) is 0 Å². The van der Waals surface area contributed by atoms with Crippen molar-refractivity contribution in [1.29, 1.82) is 0 Å². The molecule has 2 atom stereocenters. The first-order chi connectivity index (χ1) is 8.66. The summed E-state index contributed by atoms with van der Waals surface area (Å²) in [5.41, 5.74) is 5.90. The van der Waals surface area contributed by atoms with Gasteiger partial charge < -0.3 is 15.6 Å². The summed E-state index contributed by atoms with van der Waals surface area (Å²) >= 11 is 0. The number of aliphatic hydroxyl groups is 1. The molecule has 0 saturated heterocycles. The molecule has 0 aliphatic heterocycles. The average molecular weight is 251 g/mol. The third kappa shape index (κ3) is 4.47. The maximum Gasteiger partial charge on any atom is 0.249 e. The van der Waals surface area contributed by atoms with Gasteiger partial charge in [0.15, 0.2) is 6.10 Å². The number of carbonyl (C=O) groups is 1. The number of amides is 1. The van der Waals surface area contributed by atoms with Crippen LogP contribution in [0, 0.1) is 0 Å². The van der Waals surface area contributed by atoms with Crippen LogP contribution in [0.4, 0.5) is 0 Å². The Morgan fingerprint density at radius 3 is 2.56 bits per heavy atom. The topological polar surface area (TPSA) is 72.6 Å². The molecule has 4 nitrogen and oxygen atoms in total. The second-order valence-electron chi connectivity index (χ2n) is 4.26. The minimum atomic E-state index is -1.31. The molecule has 3 N–H and O–H groups in total. The zero-order valence-corrected chi connectivity index (χ0v) is 10.7. The van der Waals surface area contributed by atoms with Crippen molar-refractivity contribution < 1.29 is 14.6 Å². The van der Waals surface area contributed by atoms with Crippen LogP contribution in [0.3, 0.4) is 0 Å². The zero-order valence-electron chi connectivity index (χ0n) is 10.7. The summed E-state index contributed by atoms with van der Waals surface area (Å²) in [6.45, 7) is 2.62. The van der Waals surface area contributed by atoms with Crippen LogP contribution in [0.25, 0.3) is 0 Å². The number of rotatable bonds is 8. The Morgan fingerprint density at radius 2 is 2.00 bits per heavy atom. The van der Waals surface area contributed by atoms with E-state index in [-0.39, 0.29) is 0 Å². The number of ether oxygens (including phenoxy) is 1. The molecule has 0 bridgehead atoms. The number of hydrogen-bond donors (Lipinski definition) is 2. The standard InChI is InChI=1S/C14H21NO3/c1-2-3-7-10-18-13(12(16)14(15)17)11-8-5-4-6-9-11/h4-6,8-9,12-13,16H,2-3,7,10H2,1H3,(H2,15,17). The van der Waals surface area contributed by atoms with Crippen molar-refractivity contribution in [3.63, 3.8) is 0 Å². The number of carbonyl (C=O) groups excluding carboxylic acids is 1. The lowest BCUT2D eigenvalue weighted by Crippen LogP contribution is -2.35. The van der Waals surface area contributed by atoms with Crippen molar-refractivity contribution >= 4 is 5.91 Å². The summed E-state index contributed by atoms with van der Waals surface area (Å²) in [5.74, 6) is -0.764. The Kier molecular flexibility index (Phi) is 6.39. The number of unbranched alkanes of at least 4 members (excludes halogenated alkanes) is 2. The maximum atomic E-state index is 11.1. The molecule has 0 aliphatic carbocycles. The molecule has 0 spiro atoms. The van der Waals surface area contributed by atoms with Gasteiger partial charge in [-0.2, -0.15) is 0 Å². The summed E-state index contributed by atoms with van der Waals surface area (Å²) in [5, 5.41) is 9.80. The molecule has 2 unspecified atom stereocenters. The zero-order chi connectivity index (χ0) is 13.4. The summed E-state index contributed by atoms with van der Waals surface area (Å²) in [6.07, 6.45) is 1.08. The molecule has 4 heteroatoms. The lowest BCUT2D eigenvalue weighted by Gasteiger charge is -2.21. The average Bonchev–Trinajstić information content (AvgIpc) is 2.39. The molecule has 18 heavy (non-hydrogen) atoms. The molecule has 1 aromatic carbocycles. The first kappa shape index (κ1) is 14.7. The monoisotopic (exact) mass is 251 g/mol. The molecule has 0 radical (unpaired) electrons. The van der Waals surface area contributed by atoms with E-state index in [1.165, 1.54) is 0 Å². The van der Waals surface area contributed by atoms with E-state index in [9.17, 15) is 9.90 Å². The van der Waals surface area contributed by atoms with Crippen molar-refractivity contribution in [2.45, 2.75) is 38.4 Å². The van der Waals surface area contributed by atoms with Crippen molar-refractivity contribution in [2.24, 2.45) is 5.73 Å². The molecule has 1 rings (SSSR count). The summed E-state index contributed by atoms with van der Waals surface area (Å²) < 4.78 is 5.60. The van der Waals surface area contributed by atoms with Crippen LogP contribution in [0.1, 0.15) is 37.9 Å². The second kappa shape index (κ2) is 7.84. The van der Waals surface area contributed by atoms with Crippen LogP contribution in [0.2, 0.25) is 0 Å². The van der Waals surface area contributed by atoms with Gasteiger partial charge in [0.25, 0.3) is 0 Å². The van der Waals surface area contributed by atoms with E-state index in [0.717, 1.165) is 24.8 Å². The lowest BCUT2D eigenvalue weighted by molar-refractivity contribution is -0.135. The van der Waals surface area contributed by atoms with E-state index >= 15 is 0 Å². The van der Waals surface area contributed by atoms with E-state index in [0.29, 0.717) is 6.61 Å². The molecule has 1 amide bonds.